The first-order valence-corrected chi connectivity index (χ1v) is 10.3. The third-order valence-electron chi connectivity index (χ3n) is 5.88. The smallest absolute Gasteiger partial charge is 0.303 e. The van der Waals surface area contributed by atoms with Crippen molar-refractivity contribution in [2.24, 2.45) is 17.8 Å². The fraction of sp³-hybridized carbons (Fsp3) is 0.773. The molecule has 0 spiro atoms. The molecule has 26 heavy (non-hydrogen) atoms. The molecule has 0 radical (unpaired) electrons. The zero-order chi connectivity index (χ0) is 18.9. The highest BCUT2D eigenvalue weighted by molar-refractivity contribution is 5.66. The molecule has 0 aliphatic heterocycles. The number of carbonyl (C=O) groups is 1. The first kappa shape index (κ1) is 21.0. The maximum atomic E-state index is 10.6. The van der Waals surface area contributed by atoms with Gasteiger partial charge >= 0.3 is 5.97 Å². The van der Waals surface area contributed by atoms with Gasteiger partial charge in [0.2, 0.25) is 0 Å². The average molecular weight is 363 g/mol. The van der Waals surface area contributed by atoms with E-state index in [0.717, 1.165) is 32.1 Å². The quantitative estimate of drug-likeness (QED) is 0.330. The highest BCUT2D eigenvalue weighted by Crippen LogP contribution is 2.51. The monoisotopic (exact) mass is 362 g/mol. The molecule has 5 atom stereocenters. The van der Waals surface area contributed by atoms with Crippen LogP contribution in [0.5, 0.6) is 0 Å². The van der Waals surface area contributed by atoms with Gasteiger partial charge in [0.1, 0.15) is 6.10 Å². The lowest BCUT2D eigenvalue weighted by atomic mass is 9.57. The van der Waals surface area contributed by atoms with Crippen LogP contribution in [0.15, 0.2) is 11.6 Å². The molecule has 4 heteroatoms. The van der Waals surface area contributed by atoms with Crippen LogP contribution in [0, 0.1) is 29.6 Å². The summed E-state index contributed by atoms with van der Waals surface area (Å²) in [6, 6.07) is 0. The summed E-state index contributed by atoms with van der Waals surface area (Å²) < 4.78 is 0. The molecule has 2 aliphatic carbocycles. The molecule has 0 amide bonds. The van der Waals surface area contributed by atoms with E-state index in [1.165, 1.54) is 24.8 Å². The van der Waals surface area contributed by atoms with Crippen molar-refractivity contribution in [3.63, 3.8) is 0 Å². The van der Waals surface area contributed by atoms with Gasteiger partial charge in [-0.1, -0.05) is 56.1 Å². The maximum absolute atomic E-state index is 10.6. The Balaban J connectivity index is 1.81. The Kier molecular flexibility index (Phi) is 8.68. The Labute approximate surface area is 157 Å². The zero-order valence-electron chi connectivity index (χ0n) is 16.0. The number of allylic oxidation sites excluding steroid dienone is 2. The van der Waals surface area contributed by atoms with Crippen molar-refractivity contribution < 1.29 is 20.1 Å². The first-order chi connectivity index (χ1) is 12.5. The standard InChI is InChI=1S/C22H34O4/c1-2-3-4-5-6-9-17(23)11-12-19-20-15-16(8-7-10-22(25)26)18(20)13-14-21(19)24/h8,17-21,23-24H,2-7,9-10,13-15H2,1H3,(H,25,26)/t17?,18-,19-,20+,21-/m0/s1. The van der Waals surface area contributed by atoms with Crippen LogP contribution >= 0.6 is 0 Å². The summed E-state index contributed by atoms with van der Waals surface area (Å²) in [5.41, 5.74) is 1.34. The number of unbranched alkanes of at least 4 members (excludes halogenated alkanes) is 4. The predicted octanol–water partition coefficient (Wildman–Crippen LogP) is 3.91. The van der Waals surface area contributed by atoms with E-state index in [1.807, 2.05) is 0 Å². The molecular formula is C22H34O4. The molecule has 146 valence electrons. The summed E-state index contributed by atoms with van der Waals surface area (Å²) in [4.78, 5) is 10.6. The second kappa shape index (κ2) is 10.7. The van der Waals surface area contributed by atoms with Gasteiger partial charge in [-0.3, -0.25) is 4.79 Å². The van der Waals surface area contributed by atoms with Crippen LogP contribution in [0.3, 0.4) is 0 Å². The van der Waals surface area contributed by atoms with Gasteiger partial charge in [-0.25, -0.2) is 0 Å². The minimum atomic E-state index is -0.760. The molecule has 2 saturated carbocycles. The third kappa shape index (κ3) is 6.14. The summed E-state index contributed by atoms with van der Waals surface area (Å²) in [5, 5.41) is 29.2. The summed E-state index contributed by atoms with van der Waals surface area (Å²) >= 11 is 0. The minimum absolute atomic E-state index is 0.0554. The lowest BCUT2D eigenvalue weighted by Gasteiger charge is -2.48. The van der Waals surface area contributed by atoms with Crippen molar-refractivity contribution in [2.75, 3.05) is 0 Å². The van der Waals surface area contributed by atoms with Gasteiger partial charge in [0.05, 0.1) is 12.0 Å². The lowest BCUT2D eigenvalue weighted by Crippen LogP contribution is -2.44. The van der Waals surface area contributed by atoms with Gasteiger partial charge in [0.15, 0.2) is 0 Å². The Morgan fingerprint density at radius 3 is 2.77 bits per heavy atom. The van der Waals surface area contributed by atoms with Crippen LogP contribution in [0.1, 0.15) is 77.6 Å². The molecule has 0 aromatic carbocycles. The largest absolute Gasteiger partial charge is 0.481 e. The summed E-state index contributed by atoms with van der Waals surface area (Å²) in [6.07, 6.45) is 11.0. The first-order valence-electron chi connectivity index (χ1n) is 10.3. The molecule has 4 nitrogen and oxygen atoms in total. The number of fused-ring (bicyclic) bond motifs is 1. The molecule has 0 aromatic rings. The maximum Gasteiger partial charge on any atom is 0.303 e. The Hall–Kier alpha value is -1.31. The molecular weight excluding hydrogens is 328 g/mol. The Morgan fingerprint density at radius 1 is 1.27 bits per heavy atom. The van der Waals surface area contributed by atoms with Crippen molar-refractivity contribution in [1.82, 2.24) is 0 Å². The summed E-state index contributed by atoms with van der Waals surface area (Å²) in [7, 11) is 0. The van der Waals surface area contributed by atoms with E-state index in [-0.39, 0.29) is 12.3 Å². The van der Waals surface area contributed by atoms with Crippen molar-refractivity contribution in [3.8, 4) is 11.8 Å². The molecule has 2 fully saturated rings. The van der Waals surface area contributed by atoms with Gasteiger partial charge in [-0.2, -0.15) is 0 Å². The van der Waals surface area contributed by atoms with E-state index in [0.29, 0.717) is 24.7 Å². The van der Waals surface area contributed by atoms with Crippen molar-refractivity contribution in [3.05, 3.63) is 11.6 Å². The predicted molar refractivity (Wildman–Crippen MR) is 102 cm³/mol. The van der Waals surface area contributed by atoms with Crippen molar-refractivity contribution in [2.45, 2.75) is 89.8 Å². The van der Waals surface area contributed by atoms with E-state index in [2.05, 4.69) is 24.8 Å². The highest BCUT2D eigenvalue weighted by atomic mass is 16.4. The normalized spacial score (nSPS) is 30.0. The second-order valence-electron chi connectivity index (χ2n) is 7.86. The minimum Gasteiger partial charge on any atom is -0.481 e. The van der Waals surface area contributed by atoms with E-state index >= 15 is 0 Å². The molecule has 0 heterocycles. The molecule has 1 unspecified atom stereocenters. The zero-order valence-corrected chi connectivity index (χ0v) is 16.0. The number of carboxylic acids is 1. The van der Waals surface area contributed by atoms with E-state index in [9.17, 15) is 15.0 Å². The third-order valence-corrected chi connectivity index (χ3v) is 5.88. The topological polar surface area (TPSA) is 77.8 Å². The van der Waals surface area contributed by atoms with Crippen LogP contribution in [0.2, 0.25) is 0 Å². The molecule has 3 N–H and O–H groups in total. The average Bonchev–Trinajstić information content (AvgIpc) is 2.58. The van der Waals surface area contributed by atoms with E-state index in [1.54, 1.807) is 0 Å². The number of aliphatic hydroxyl groups is 2. The van der Waals surface area contributed by atoms with E-state index < -0.39 is 18.2 Å². The molecule has 2 aliphatic rings. The fourth-order valence-electron chi connectivity index (χ4n) is 4.30. The second-order valence-corrected chi connectivity index (χ2v) is 7.86. The number of aliphatic carboxylic acids is 1. The molecule has 2 rings (SSSR count). The molecule has 0 aromatic heterocycles. The van der Waals surface area contributed by atoms with Crippen LogP contribution < -0.4 is 0 Å². The van der Waals surface area contributed by atoms with Crippen molar-refractivity contribution in [1.29, 1.82) is 0 Å². The van der Waals surface area contributed by atoms with Gasteiger partial charge in [0, 0.05) is 6.42 Å². The van der Waals surface area contributed by atoms with Gasteiger partial charge < -0.3 is 15.3 Å². The van der Waals surface area contributed by atoms with Gasteiger partial charge in [-0.05, 0) is 50.4 Å². The fourth-order valence-corrected chi connectivity index (χ4v) is 4.30. The van der Waals surface area contributed by atoms with Gasteiger partial charge in [0.25, 0.3) is 0 Å². The lowest BCUT2D eigenvalue weighted by molar-refractivity contribution is -0.136. The highest BCUT2D eigenvalue weighted by Gasteiger charge is 2.46. The number of hydrogen-bond acceptors (Lipinski definition) is 3. The number of rotatable bonds is 9. The Morgan fingerprint density at radius 2 is 2.04 bits per heavy atom. The number of aliphatic hydroxyl groups excluding tert-OH is 2. The number of carboxylic acid groups (broad SMARTS) is 1. The van der Waals surface area contributed by atoms with E-state index in [4.69, 9.17) is 5.11 Å². The van der Waals surface area contributed by atoms with Crippen LogP contribution in [0.25, 0.3) is 0 Å². The van der Waals surface area contributed by atoms with Crippen LogP contribution in [-0.2, 0) is 4.79 Å². The van der Waals surface area contributed by atoms with Crippen LogP contribution in [0.4, 0.5) is 0 Å². The summed E-state index contributed by atoms with van der Waals surface area (Å²) in [6.45, 7) is 2.19. The van der Waals surface area contributed by atoms with Crippen LogP contribution in [-0.4, -0.2) is 33.5 Å². The SMILES string of the molecule is CCCCCCCC(O)C#C[C@H]1[C@@H]2CC(=CCCC(=O)O)[C@@H]2CC[C@@H]1O. The number of hydrogen-bond donors (Lipinski definition) is 3. The molecule has 0 saturated heterocycles. The summed E-state index contributed by atoms with van der Waals surface area (Å²) in [5.74, 6) is 6.15. The molecule has 0 bridgehead atoms. The van der Waals surface area contributed by atoms with Gasteiger partial charge in [-0.15, -0.1) is 0 Å². The van der Waals surface area contributed by atoms with Crippen molar-refractivity contribution >= 4 is 5.97 Å². The Bertz CT molecular complexity index is 542.